The van der Waals surface area contributed by atoms with Gasteiger partial charge < -0.3 is 5.32 Å². The summed E-state index contributed by atoms with van der Waals surface area (Å²) in [6.45, 7) is 14.3. The molecule has 1 nitrogen and oxygen atoms in total. The molecule has 0 radical (unpaired) electrons. The molecule has 0 aliphatic heterocycles. The molecule has 2 aliphatic carbocycles. The standard InChI is InChI=1S/C37H59N/c1-8-11-13-15-17-19-25-37(26-20-18-16-14-12-9-2)33-24-28-36(6,35(4,5)10-3)27-23-32(33)31-22-21-30(38-7)29-34(31)37/h21-24,27-29,38H,8-20,25-26H2,1-7H3. The van der Waals surface area contributed by atoms with Crippen LogP contribution in [0.25, 0.3) is 5.57 Å². The first-order chi connectivity index (χ1) is 18.3. The highest BCUT2D eigenvalue weighted by Crippen LogP contribution is 2.56. The first-order valence-electron chi connectivity index (χ1n) is 16.2. The van der Waals surface area contributed by atoms with E-state index in [9.17, 15) is 0 Å². The minimum absolute atomic E-state index is 0.0587. The summed E-state index contributed by atoms with van der Waals surface area (Å²) in [5.74, 6) is 0. The molecule has 1 aromatic carbocycles. The average molecular weight is 518 g/mol. The van der Waals surface area contributed by atoms with E-state index in [-0.39, 0.29) is 16.2 Å². The van der Waals surface area contributed by atoms with Crippen LogP contribution in [-0.2, 0) is 5.41 Å². The predicted octanol–water partition coefficient (Wildman–Crippen LogP) is 11.8. The first-order valence-corrected chi connectivity index (χ1v) is 16.2. The minimum atomic E-state index is 0.0587. The van der Waals surface area contributed by atoms with E-state index in [0.29, 0.717) is 0 Å². The molecule has 1 atom stereocenters. The molecular weight excluding hydrogens is 458 g/mol. The fourth-order valence-electron chi connectivity index (χ4n) is 6.79. The summed E-state index contributed by atoms with van der Waals surface area (Å²) in [4.78, 5) is 0. The van der Waals surface area contributed by atoms with Crippen molar-refractivity contribution in [3.05, 3.63) is 59.2 Å². The van der Waals surface area contributed by atoms with Crippen molar-refractivity contribution in [1.29, 1.82) is 0 Å². The zero-order chi connectivity index (χ0) is 27.7. The maximum Gasteiger partial charge on any atom is 0.0341 e. The molecule has 0 saturated heterocycles. The van der Waals surface area contributed by atoms with E-state index in [0.717, 1.165) is 0 Å². The van der Waals surface area contributed by atoms with E-state index in [2.05, 4.69) is 96.4 Å². The maximum absolute atomic E-state index is 3.46. The summed E-state index contributed by atoms with van der Waals surface area (Å²) >= 11 is 0. The van der Waals surface area contributed by atoms with Gasteiger partial charge in [-0.3, -0.25) is 0 Å². The Hall–Kier alpha value is -1.76. The van der Waals surface area contributed by atoms with Crippen LogP contribution in [0.3, 0.4) is 0 Å². The maximum atomic E-state index is 3.46. The van der Waals surface area contributed by atoms with Gasteiger partial charge >= 0.3 is 0 Å². The molecule has 1 aromatic rings. The lowest BCUT2D eigenvalue weighted by molar-refractivity contribution is 0.190. The Balaban J connectivity index is 2.01. The topological polar surface area (TPSA) is 12.0 Å². The van der Waals surface area contributed by atoms with Crippen LogP contribution in [0.2, 0.25) is 0 Å². The van der Waals surface area contributed by atoms with Gasteiger partial charge in [0.25, 0.3) is 0 Å². The number of hydrogen-bond acceptors (Lipinski definition) is 1. The van der Waals surface area contributed by atoms with E-state index in [4.69, 9.17) is 0 Å². The van der Waals surface area contributed by atoms with Crippen molar-refractivity contribution in [3.8, 4) is 0 Å². The van der Waals surface area contributed by atoms with Crippen molar-refractivity contribution >= 4 is 11.3 Å². The van der Waals surface area contributed by atoms with Crippen molar-refractivity contribution in [3.63, 3.8) is 0 Å². The third-order valence-corrected chi connectivity index (χ3v) is 10.4. The monoisotopic (exact) mass is 517 g/mol. The number of fused-ring (bicyclic) bond motifs is 2. The van der Waals surface area contributed by atoms with Gasteiger partial charge in [0.1, 0.15) is 0 Å². The average Bonchev–Trinajstić information content (AvgIpc) is 3.02. The van der Waals surface area contributed by atoms with Crippen LogP contribution in [0.1, 0.15) is 149 Å². The molecule has 0 saturated carbocycles. The van der Waals surface area contributed by atoms with E-state index < -0.39 is 0 Å². The van der Waals surface area contributed by atoms with E-state index in [1.54, 1.807) is 11.1 Å². The van der Waals surface area contributed by atoms with Crippen LogP contribution < -0.4 is 5.32 Å². The van der Waals surface area contributed by atoms with Crippen LogP contribution in [-0.4, -0.2) is 7.05 Å². The lowest BCUT2D eigenvalue weighted by atomic mass is 9.64. The largest absolute Gasteiger partial charge is 0.388 e. The smallest absolute Gasteiger partial charge is 0.0341 e. The lowest BCUT2D eigenvalue weighted by Gasteiger charge is -2.40. The molecule has 2 aliphatic rings. The Bertz CT molecular complexity index is 958. The summed E-state index contributed by atoms with van der Waals surface area (Å²) < 4.78 is 0. The number of allylic oxidation sites excluding steroid dienone is 6. The molecule has 0 heterocycles. The van der Waals surface area contributed by atoms with E-state index in [1.807, 2.05) is 0 Å². The number of hydrogen-bond donors (Lipinski definition) is 1. The van der Waals surface area contributed by atoms with Gasteiger partial charge in [-0.1, -0.05) is 149 Å². The molecule has 0 amide bonds. The molecule has 3 rings (SSSR count). The summed E-state index contributed by atoms with van der Waals surface area (Å²) in [5.41, 5.74) is 7.83. The molecule has 0 spiro atoms. The quantitative estimate of drug-likeness (QED) is 0.203. The Kier molecular flexibility index (Phi) is 11.4. The number of unbranched alkanes of at least 4 members (excludes halogenated alkanes) is 10. The van der Waals surface area contributed by atoms with Gasteiger partial charge in [0.05, 0.1) is 0 Å². The third-order valence-electron chi connectivity index (χ3n) is 10.4. The van der Waals surface area contributed by atoms with Crippen LogP contribution in [0.5, 0.6) is 0 Å². The van der Waals surface area contributed by atoms with Crippen molar-refractivity contribution in [2.75, 3.05) is 12.4 Å². The Morgan fingerprint density at radius 2 is 1.29 bits per heavy atom. The molecule has 0 aromatic heterocycles. The zero-order valence-electron chi connectivity index (χ0n) is 26.1. The number of benzene rings is 1. The lowest BCUT2D eigenvalue weighted by Crippen LogP contribution is -2.31. The Labute approximate surface area is 236 Å². The molecule has 1 unspecified atom stereocenters. The third kappa shape index (κ3) is 6.68. The van der Waals surface area contributed by atoms with Crippen molar-refractivity contribution in [2.24, 2.45) is 10.8 Å². The Morgan fingerprint density at radius 3 is 1.84 bits per heavy atom. The summed E-state index contributed by atoms with van der Waals surface area (Å²) in [5, 5.41) is 3.46. The number of nitrogens with one attached hydrogen (secondary N) is 1. The molecule has 212 valence electrons. The molecule has 0 fully saturated rings. The second-order valence-corrected chi connectivity index (χ2v) is 13.1. The highest BCUT2D eigenvalue weighted by atomic mass is 14.8. The second-order valence-electron chi connectivity index (χ2n) is 13.1. The van der Waals surface area contributed by atoms with Crippen molar-refractivity contribution in [1.82, 2.24) is 0 Å². The zero-order valence-corrected chi connectivity index (χ0v) is 26.1. The van der Waals surface area contributed by atoms with Crippen molar-refractivity contribution in [2.45, 2.75) is 143 Å². The summed E-state index contributed by atoms with van der Waals surface area (Å²) in [6, 6.07) is 7.19. The molecular formula is C37H59N. The fraction of sp³-hybridized carbons (Fsp3) is 0.676. The van der Waals surface area contributed by atoms with E-state index in [1.165, 1.54) is 113 Å². The van der Waals surface area contributed by atoms with Crippen LogP contribution in [0.4, 0.5) is 5.69 Å². The van der Waals surface area contributed by atoms with E-state index >= 15 is 0 Å². The number of rotatable bonds is 17. The fourth-order valence-corrected chi connectivity index (χ4v) is 6.79. The van der Waals surface area contributed by atoms with Crippen LogP contribution in [0, 0.1) is 10.8 Å². The Morgan fingerprint density at radius 1 is 0.737 bits per heavy atom. The molecule has 0 bridgehead atoms. The van der Waals surface area contributed by atoms with Gasteiger partial charge in [0.2, 0.25) is 0 Å². The molecule has 38 heavy (non-hydrogen) atoms. The van der Waals surface area contributed by atoms with Gasteiger partial charge in [-0.15, -0.1) is 0 Å². The second kappa shape index (κ2) is 14.0. The minimum Gasteiger partial charge on any atom is -0.388 e. The summed E-state index contributed by atoms with van der Waals surface area (Å²) in [7, 11) is 2.07. The number of anilines is 1. The normalized spacial score (nSPS) is 20.0. The summed E-state index contributed by atoms with van der Waals surface area (Å²) in [6.07, 6.45) is 30.2. The van der Waals surface area contributed by atoms with Gasteiger partial charge in [-0.25, -0.2) is 0 Å². The highest BCUT2D eigenvalue weighted by molar-refractivity contribution is 5.89. The van der Waals surface area contributed by atoms with Crippen LogP contribution >= 0.6 is 0 Å². The highest BCUT2D eigenvalue weighted by Gasteiger charge is 2.45. The van der Waals surface area contributed by atoms with Gasteiger partial charge in [0, 0.05) is 23.6 Å². The SMILES string of the molecule is CCCCCCCCC1(CCCCCCCC)C2=C(C=CC(C)(C(C)(C)CC)C=C2)c2ccc(NC)cc21. The first kappa shape index (κ1) is 30.8. The predicted molar refractivity (Wildman–Crippen MR) is 171 cm³/mol. The molecule has 1 N–H and O–H groups in total. The van der Waals surface area contributed by atoms with Crippen molar-refractivity contribution < 1.29 is 0 Å². The molecule has 1 heteroatoms. The van der Waals surface area contributed by atoms with Crippen LogP contribution in [0.15, 0.2) is 48.1 Å². The van der Waals surface area contributed by atoms with Gasteiger partial charge in [0.15, 0.2) is 0 Å². The van der Waals surface area contributed by atoms with Gasteiger partial charge in [-0.2, -0.15) is 0 Å². The van der Waals surface area contributed by atoms with Gasteiger partial charge in [-0.05, 0) is 59.1 Å².